The van der Waals surface area contributed by atoms with Crippen molar-refractivity contribution in [3.8, 4) is 0 Å². The van der Waals surface area contributed by atoms with Crippen LogP contribution in [0, 0.1) is 0 Å². The number of nitrogens with two attached hydrogens (primary N) is 1. The second-order valence-electron chi connectivity index (χ2n) is 4.77. The molecular formula is C13H19ClF3N3O3S. The summed E-state index contributed by atoms with van der Waals surface area (Å²) in [6.07, 6.45) is -4.32. The smallest absolute Gasteiger partial charge is 0.355 e. The molecule has 0 heterocycles. The first-order chi connectivity index (χ1) is 10.6. The number of carbonyl (C=O) groups excluding carboxylic acids is 1. The highest BCUT2D eigenvalue weighted by molar-refractivity contribution is 7.89. The van der Waals surface area contributed by atoms with Crippen molar-refractivity contribution in [2.45, 2.75) is 30.5 Å². The number of sulfonamides is 1. The fourth-order valence-corrected chi connectivity index (χ4v) is 3.18. The van der Waals surface area contributed by atoms with E-state index in [2.05, 4.69) is 5.32 Å². The highest BCUT2D eigenvalue weighted by Crippen LogP contribution is 2.33. The summed E-state index contributed by atoms with van der Waals surface area (Å²) < 4.78 is 64.9. The van der Waals surface area contributed by atoms with Crippen molar-refractivity contribution in [3.05, 3.63) is 29.8 Å². The monoisotopic (exact) mass is 389 g/mol. The van der Waals surface area contributed by atoms with Crippen molar-refractivity contribution in [2.24, 2.45) is 5.73 Å². The van der Waals surface area contributed by atoms with E-state index in [1.807, 2.05) is 4.72 Å². The number of alkyl halides is 3. The molecule has 0 radical (unpaired) electrons. The molecule has 6 nitrogen and oxygen atoms in total. The van der Waals surface area contributed by atoms with Crippen LogP contribution in [0.3, 0.4) is 0 Å². The van der Waals surface area contributed by atoms with Crippen LogP contribution in [0.25, 0.3) is 0 Å². The van der Waals surface area contributed by atoms with Gasteiger partial charge in [0.2, 0.25) is 15.9 Å². The molecule has 0 saturated heterocycles. The molecule has 138 valence electrons. The Morgan fingerprint density at radius 2 is 1.88 bits per heavy atom. The molecule has 0 aliphatic heterocycles. The zero-order valence-corrected chi connectivity index (χ0v) is 14.4. The third-order valence-corrected chi connectivity index (χ3v) is 4.49. The standard InChI is InChI=1S/C13H18F3N3O3S.ClH/c1-9(12(20)18-8-4-7-17)19-23(21,22)11-6-3-2-5-10(11)13(14,15)16;/h2-3,5-6,9,19H,4,7-8,17H2,1H3,(H,18,20);1H. The highest BCUT2D eigenvalue weighted by Gasteiger charge is 2.37. The summed E-state index contributed by atoms with van der Waals surface area (Å²) in [5, 5.41) is 2.43. The molecule has 1 unspecified atom stereocenters. The van der Waals surface area contributed by atoms with Gasteiger partial charge >= 0.3 is 6.18 Å². The summed E-state index contributed by atoms with van der Waals surface area (Å²) in [5.74, 6) is -0.647. The van der Waals surface area contributed by atoms with Crippen LogP contribution in [-0.2, 0) is 21.0 Å². The van der Waals surface area contributed by atoms with Crippen molar-refractivity contribution in [1.82, 2.24) is 10.0 Å². The minimum Gasteiger partial charge on any atom is -0.355 e. The number of amides is 1. The molecule has 0 bridgehead atoms. The van der Waals surface area contributed by atoms with Gasteiger partial charge in [-0.1, -0.05) is 12.1 Å². The van der Waals surface area contributed by atoms with Gasteiger partial charge in [0.15, 0.2) is 0 Å². The lowest BCUT2D eigenvalue weighted by molar-refractivity contribution is -0.139. The van der Waals surface area contributed by atoms with E-state index < -0.39 is 38.6 Å². The molecule has 0 spiro atoms. The minimum absolute atomic E-state index is 0. The lowest BCUT2D eigenvalue weighted by atomic mass is 10.2. The Morgan fingerprint density at radius 1 is 1.29 bits per heavy atom. The van der Waals surface area contributed by atoms with Gasteiger partial charge in [-0.15, -0.1) is 12.4 Å². The molecule has 11 heteroatoms. The molecule has 0 aliphatic rings. The Labute approximate surface area is 144 Å². The predicted octanol–water partition coefficient (Wildman–Crippen LogP) is 1.26. The molecule has 0 saturated carbocycles. The van der Waals surface area contributed by atoms with Crippen LogP contribution in [0.4, 0.5) is 13.2 Å². The number of carbonyl (C=O) groups is 1. The van der Waals surface area contributed by atoms with Crippen LogP contribution in [-0.4, -0.2) is 33.5 Å². The fraction of sp³-hybridized carbons (Fsp3) is 0.462. The molecule has 1 aromatic rings. The molecule has 4 N–H and O–H groups in total. The molecule has 0 aromatic heterocycles. The summed E-state index contributed by atoms with van der Waals surface area (Å²) in [5.41, 5.74) is 3.97. The van der Waals surface area contributed by atoms with Gasteiger partial charge in [0, 0.05) is 6.54 Å². The maximum Gasteiger partial charge on any atom is 0.417 e. The van der Waals surface area contributed by atoms with E-state index in [0.29, 0.717) is 19.0 Å². The Morgan fingerprint density at radius 3 is 2.42 bits per heavy atom. The van der Waals surface area contributed by atoms with Gasteiger partial charge < -0.3 is 11.1 Å². The number of benzene rings is 1. The molecule has 1 rings (SSSR count). The third kappa shape index (κ3) is 6.27. The first kappa shape index (κ1) is 22.6. The van der Waals surface area contributed by atoms with Crippen molar-refractivity contribution in [2.75, 3.05) is 13.1 Å². The van der Waals surface area contributed by atoms with Gasteiger partial charge in [0.05, 0.1) is 16.5 Å². The lowest BCUT2D eigenvalue weighted by Crippen LogP contribution is -2.45. The Bertz CT molecular complexity index is 653. The van der Waals surface area contributed by atoms with E-state index in [4.69, 9.17) is 5.73 Å². The molecule has 24 heavy (non-hydrogen) atoms. The van der Waals surface area contributed by atoms with Gasteiger partial charge in [-0.25, -0.2) is 8.42 Å². The summed E-state index contributed by atoms with van der Waals surface area (Å²) in [6.45, 7) is 1.84. The Kier molecular flexibility index (Phi) is 8.69. The average Bonchev–Trinajstić information content (AvgIpc) is 2.46. The normalized spacial score (nSPS) is 13.0. The van der Waals surface area contributed by atoms with Crippen LogP contribution in [0.15, 0.2) is 29.2 Å². The van der Waals surface area contributed by atoms with Crippen molar-refractivity contribution >= 4 is 28.3 Å². The molecule has 0 aliphatic carbocycles. The Balaban J connectivity index is 0.00000529. The highest BCUT2D eigenvalue weighted by atomic mass is 35.5. The van der Waals surface area contributed by atoms with Crippen molar-refractivity contribution in [1.29, 1.82) is 0 Å². The predicted molar refractivity (Wildman–Crippen MR) is 85.2 cm³/mol. The van der Waals surface area contributed by atoms with E-state index in [1.54, 1.807) is 0 Å². The first-order valence-corrected chi connectivity index (χ1v) is 8.24. The van der Waals surface area contributed by atoms with E-state index >= 15 is 0 Å². The maximum atomic E-state index is 12.9. The zero-order valence-electron chi connectivity index (χ0n) is 12.8. The number of rotatable bonds is 7. The lowest BCUT2D eigenvalue weighted by Gasteiger charge is -2.17. The number of hydrogen-bond acceptors (Lipinski definition) is 4. The van der Waals surface area contributed by atoms with Gasteiger partial charge in [-0.05, 0) is 32.0 Å². The maximum absolute atomic E-state index is 12.9. The molecule has 1 amide bonds. The van der Waals surface area contributed by atoms with Gasteiger partial charge in [-0.3, -0.25) is 4.79 Å². The minimum atomic E-state index is -4.82. The first-order valence-electron chi connectivity index (χ1n) is 6.76. The van der Waals surface area contributed by atoms with Crippen LogP contribution in [0.2, 0.25) is 0 Å². The number of halogens is 4. The number of hydrogen-bond donors (Lipinski definition) is 3. The molecule has 1 atom stereocenters. The fourth-order valence-electron chi connectivity index (χ4n) is 1.75. The third-order valence-electron chi connectivity index (χ3n) is 2.89. The van der Waals surface area contributed by atoms with Gasteiger partial charge in [0.1, 0.15) is 0 Å². The average molecular weight is 390 g/mol. The zero-order chi connectivity index (χ0) is 17.7. The summed E-state index contributed by atoms with van der Waals surface area (Å²) in [7, 11) is -4.50. The van der Waals surface area contributed by atoms with E-state index in [9.17, 15) is 26.4 Å². The van der Waals surface area contributed by atoms with E-state index in [-0.39, 0.29) is 19.0 Å². The van der Waals surface area contributed by atoms with Crippen LogP contribution < -0.4 is 15.8 Å². The summed E-state index contributed by atoms with van der Waals surface area (Å²) >= 11 is 0. The van der Waals surface area contributed by atoms with Gasteiger partial charge in [0.25, 0.3) is 0 Å². The van der Waals surface area contributed by atoms with E-state index in [1.165, 1.54) is 13.0 Å². The van der Waals surface area contributed by atoms with Gasteiger partial charge in [-0.2, -0.15) is 17.9 Å². The summed E-state index contributed by atoms with van der Waals surface area (Å²) in [6, 6.07) is 2.55. The van der Waals surface area contributed by atoms with Crippen LogP contribution in [0.1, 0.15) is 18.9 Å². The second-order valence-corrected chi connectivity index (χ2v) is 6.45. The summed E-state index contributed by atoms with van der Waals surface area (Å²) in [4.78, 5) is 10.8. The second kappa shape index (κ2) is 9.21. The quantitative estimate of drug-likeness (QED) is 0.611. The topological polar surface area (TPSA) is 101 Å². The molecule has 0 fully saturated rings. The van der Waals surface area contributed by atoms with Crippen molar-refractivity contribution < 1.29 is 26.4 Å². The molecule has 1 aromatic carbocycles. The molecular weight excluding hydrogens is 371 g/mol. The van der Waals surface area contributed by atoms with Crippen LogP contribution >= 0.6 is 12.4 Å². The Hall–Kier alpha value is -1.36. The van der Waals surface area contributed by atoms with Crippen molar-refractivity contribution in [3.63, 3.8) is 0 Å². The van der Waals surface area contributed by atoms with Crippen LogP contribution in [0.5, 0.6) is 0 Å². The number of nitrogens with one attached hydrogen (secondary N) is 2. The SMILES string of the molecule is CC(NS(=O)(=O)c1ccccc1C(F)(F)F)C(=O)NCCCN.Cl. The van der Waals surface area contributed by atoms with E-state index in [0.717, 1.165) is 12.1 Å². The largest absolute Gasteiger partial charge is 0.417 e.